The van der Waals surface area contributed by atoms with Crippen molar-refractivity contribution in [2.45, 2.75) is 345 Å². The zero-order chi connectivity index (χ0) is 60.5. The molecule has 91 heavy (non-hydrogen) atoms. The third-order valence-corrected chi connectivity index (χ3v) is 22.7. The maximum Gasteiger partial charge on any atom is 0.347 e. The molecule has 16 heteroatoms. The van der Waals surface area contributed by atoms with Gasteiger partial charge in [0.2, 0.25) is 6.10 Å². The zero-order valence-corrected chi connectivity index (χ0v) is 53.1. The van der Waals surface area contributed by atoms with Crippen molar-refractivity contribution >= 4 is 41.8 Å². The van der Waals surface area contributed by atoms with Gasteiger partial charge in [-0.2, -0.15) is 0 Å². The number of carbonyl (C=O) groups excluding carboxylic acids is 7. The van der Waals surface area contributed by atoms with Gasteiger partial charge in [0.1, 0.15) is 30.2 Å². The van der Waals surface area contributed by atoms with E-state index in [-0.39, 0.29) is 142 Å². The molecule has 8 unspecified atom stereocenters. The molecule has 8 atom stereocenters. The summed E-state index contributed by atoms with van der Waals surface area (Å²) in [5.74, 6) is 2.90. The topological polar surface area (TPSA) is 203 Å². The molecule has 11 saturated carbocycles. The highest BCUT2D eigenvalue weighted by Gasteiger charge is 2.64. The minimum absolute atomic E-state index is 0. The molecule has 534 valence electrons. The van der Waals surface area contributed by atoms with Crippen LogP contribution in [-0.2, 0) is 76.2 Å². The van der Waals surface area contributed by atoms with Gasteiger partial charge in [-0.3, -0.25) is 24.0 Å². The third-order valence-electron chi connectivity index (χ3n) is 22.7. The Labute approximate surface area is 555 Å². The lowest BCUT2D eigenvalue weighted by molar-refractivity contribution is -0.262. The fraction of sp³-hybridized carbons (Fsp3) is 0.907. The van der Waals surface area contributed by atoms with Crippen molar-refractivity contribution in [3.63, 3.8) is 0 Å². The molecular weight excluding hydrogens is 1160 g/mol. The Balaban J connectivity index is 0.00000118. The van der Waals surface area contributed by atoms with E-state index in [2.05, 4.69) is 20.8 Å². The van der Waals surface area contributed by atoms with Gasteiger partial charge in [-0.25, -0.2) is 9.59 Å². The van der Waals surface area contributed by atoms with Gasteiger partial charge >= 0.3 is 41.8 Å². The SMILES string of the molecule is C.C.C.C.C.C.C.C.CCC(C)(C)C(=O)OC1(CC)C2CC3CC(C2)CC1C3.CCC(C)(C)C(=O)OC12CC3CC(CC(OCOC4CCCCC4)(C3)C1)C2.CCC(C)(C)C(=O)OC1CCOC1=O.CCC(C)(C)C(=O)OCC(=O)OC1C2CC3C(=O)OC1C3C2. The van der Waals surface area contributed by atoms with E-state index in [4.69, 9.17) is 42.6 Å². The molecule has 0 amide bonds. The standard InChI is InChI=1S/C23H38O4.C18H30O2.C16H22O6.C10H16O4.8CH4/c1-4-21(2,3)20(24)27-23-13-17-10-18(14-23)12-22(11-17,15-23)26-16-25-19-8-6-5-7-9-19;1-5-17(3,4)16(19)20-18(6-2)14-8-12-7-13(10-14)11-15(18)9-12;1-4-16(2,3)15(19)20-7-11(17)21-12-8-5-9-10(6-8)14(18)22-13(9)12;1-4-10(2,3)9(12)14-7-5-6-13-8(7)11;;;;;;;;/h17-19H,4-16H2,1-3H3;12-15H,5-11H2,1-4H3;8-10,12-13H,4-7H2,1-3H3;7H,4-6H2,1-3H3;8*1H4. The second kappa shape index (κ2) is 34.8. The van der Waals surface area contributed by atoms with Crippen LogP contribution >= 0.6 is 0 Å². The number of rotatable bonds is 19. The maximum absolute atomic E-state index is 12.8. The largest absolute Gasteiger partial charge is 0.463 e. The molecule has 2 aliphatic heterocycles. The Hall–Kier alpha value is -3.79. The van der Waals surface area contributed by atoms with Crippen molar-refractivity contribution in [3.05, 3.63) is 0 Å². The van der Waals surface area contributed by atoms with Gasteiger partial charge in [0.15, 0.2) is 6.61 Å². The van der Waals surface area contributed by atoms with Gasteiger partial charge in [0.05, 0.1) is 45.9 Å². The summed E-state index contributed by atoms with van der Waals surface area (Å²) >= 11 is 0. The highest BCUT2D eigenvalue weighted by Crippen LogP contribution is 2.62. The van der Waals surface area contributed by atoms with E-state index in [1.54, 1.807) is 27.7 Å². The molecule has 13 rings (SSSR count). The van der Waals surface area contributed by atoms with Crippen molar-refractivity contribution in [3.8, 4) is 0 Å². The summed E-state index contributed by atoms with van der Waals surface area (Å²) in [6, 6.07) is 0. The fourth-order valence-corrected chi connectivity index (χ4v) is 16.3. The average molecular weight is 1300 g/mol. The summed E-state index contributed by atoms with van der Waals surface area (Å²) in [7, 11) is 0. The average Bonchev–Trinajstić information content (AvgIpc) is 1.42. The third kappa shape index (κ3) is 19.5. The van der Waals surface area contributed by atoms with Crippen LogP contribution in [0.15, 0.2) is 0 Å². The Kier molecular flexibility index (Phi) is 33.3. The molecule has 2 heterocycles. The van der Waals surface area contributed by atoms with Crippen molar-refractivity contribution in [1.29, 1.82) is 0 Å². The normalized spacial score (nSPS) is 32.9. The van der Waals surface area contributed by atoms with Gasteiger partial charge in [-0.1, -0.05) is 113 Å². The summed E-state index contributed by atoms with van der Waals surface area (Å²) < 4.78 is 50.6. The van der Waals surface area contributed by atoms with Crippen LogP contribution in [0, 0.1) is 74.9 Å². The van der Waals surface area contributed by atoms with Crippen LogP contribution in [0.25, 0.3) is 0 Å². The second-order valence-electron chi connectivity index (χ2n) is 30.1. The van der Waals surface area contributed by atoms with Gasteiger partial charge in [-0.05, 0) is 213 Å². The first kappa shape index (κ1) is 87.2. The second-order valence-corrected chi connectivity index (χ2v) is 30.1. The van der Waals surface area contributed by atoms with Crippen molar-refractivity contribution in [2.24, 2.45) is 74.9 Å². The number of hydrogen-bond donors (Lipinski definition) is 0. The fourth-order valence-electron chi connectivity index (χ4n) is 16.3. The molecule has 16 nitrogen and oxygen atoms in total. The van der Waals surface area contributed by atoms with Gasteiger partial charge < -0.3 is 42.6 Å². The summed E-state index contributed by atoms with van der Waals surface area (Å²) in [5, 5.41) is 0. The van der Waals surface area contributed by atoms with Crippen LogP contribution in [0.3, 0.4) is 0 Å². The number of hydrogen-bond acceptors (Lipinski definition) is 16. The highest BCUT2D eigenvalue weighted by atomic mass is 16.7. The number of fused-ring (bicyclic) bond motifs is 1. The number of ether oxygens (including phenoxy) is 9. The summed E-state index contributed by atoms with van der Waals surface area (Å²) in [5.41, 5.74) is -2.42. The number of cyclic esters (lactones) is 1. The molecule has 13 aliphatic rings. The highest BCUT2D eigenvalue weighted by molar-refractivity contribution is 5.83. The molecule has 2 saturated heterocycles. The first-order valence-electron chi connectivity index (χ1n) is 32.7. The first-order chi connectivity index (χ1) is 39.0. The Bertz CT molecular complexity index is 2290. The Morgan fingerprint density at radius 1 is 0.527 bits per heavy atom. The molecule has 0 aromatic rings. The molecule has 0 radical (unpaired) electrons. The lowest BCUT2D eigenvalue weighted by Gasteiger charge is -2.60. The van der Waals surface area contributed by atoms with E-state index < -0.39 is 40.3 Å². The smallest absolute Gasteiger partial charge is 0.347 e. The predicted molar refractivity (Wildman–Crippen MR) is 362 cm³/mol. The maximum atomic E-state index is 12.8. The van der Waals surface area contributed by atoms with Crippen LogP contribution in [0.5, 0.6) is 0 Å². The van der Waals surface area contributed by atoms with Crippen molar-refractivity contribution in [1.82, 2.24) is 0 Å². The summed E-state index contributed by atoms with van der Waals surface area (Å²) in [6.45, 7) is 25.7. The van der Waals surface area contributed by atoms with Crippen LogP contribution in [0.1, 0.15) is 304 Å². The molecule has 0 spiro atoms. The Morgan fingerprint density at radius 3 is 1.51 bits per heavy atom. The van der Waals surface area contributed by atoms with Crippen LogP contribution < -0.4 is 0 Å². The molecule has 0 aromatic heterocycles. The van der Waals surface area contributed by atoms with E-state index in [0.29, 0.717) is 62.4 Å². The summed E-state index contributed by atoms with van der Waals surface area (Å²) in [6.07, 6.45) is 24.5. The molecule has 10 bridgehead atoms. The van der Waals surface area contributed by atoms with E-state index in [0.717, 1.165) is 76.0 Å². The molecule has 13 fully saturated rings. The summed E-state index contributed by atoms with van der Waals surface area (Å²) in [4.78, 5) is 83.4. The lowest BCUT2D eigenvalue weighted by Crippen LogP contribution is -2.62. The van der Waals surface area contributed by atoms with Crippen LogP contribution in [0.2, 0.25) is 0 Å². The van der Waals surface area contributed by atoms with Crippen LogP contribution in [-0.4, -0.2) is 103 Å². The Morgan fingerprint density at radius 2 is 1.01 bits per heavy atom. The molecular formula is C75H138O16. The molecule has 11 aliphatic carbocycles. The molecule has 0 aromatic carbocycles. The first-order valence-corrected chi connectivity index (χ1v) is 32.7. The van der Waals surface area contributed by atoms with E-state index >= 15 is 0 Å². The quantitative estimate of drug-likeness (QED) is 0.0670. The van der Waals surface area contributed by atoms with Crippen molar-refractivity contribution < 1.29 is 76.2 Å². The lowest BCUT2D eigenvalue weighted by atomic mass is 9.49. The van der Waals surface area contributed by atoms with Gasteiger partial charge in [0, 0.05) is 24.7 Å². The monoisotopic (exact) mass is 1290 g/mol. The van der Waals surface area contributed by atoms with Gasteiger partial charge in [0.25, 0.3) is 0 Å². The van der Waals surface area contributed by atoms with Crippen LogP contribution in [0.4, 0.5) is 0 Å². The van der Waals surface area contributed by atoms with E-state index in [1.807, 2.05) is 41.5 Å². The zero-order valence-electron chi connectivity index (χ0n) is 53.1. The number of carbonyl (C=O) groups is 7. The van der Waals surface area contributed by atoms with Crippen molar-refractivity contribution in [2.75, 3.05) is 20.0 Å². The molecule has 0 N–H and O–H groups in total. The minimum Gasteiger partial charge on any atom is -0.463 e. The predicted octanol–water partition coefficient (Wildman–Crippen LogP) is 17.8. The number of esters is 7. The van der Waals surface area contributed by atoms with E-state index in [1.165, 1.54) is 70.6 Å². The minimum atomic E-state index is -0.687. The van der Waals surface area contributed by atoms with E-state index in [9.17, 15) is 33.6 Å². The van der Waals surface area contributed by atoms with Gasteiger partial charge in [-0.15, -0.1) is 0 Å².